The highest BCUT2D eigenvalue weighted by molar-refractivity contribution is 6.32. The van der Waals surface area contributed by atoms with Gasteiger partial charge in [-0.2, -0.15) is 0 Å². The first-order valence-electron chi connectivity index (χ1n) is 9.75. The van der Waals surface area contributed by atoms with Crippen molar-refractivity contribution in [3.05, 3.63) is 81.7 Å². The molecule has 0 unspecified atom stereocenters. The fourth-order valence-corrected chi connectivity index (χ4v) is 3.37. The van der Waals surface area contributed by atoms with Gasteiger partial charge in [0, 0.05) is 24.4 Å². The molecular formula is C23H23Cl2FN2O3. The number of ether oxygens (including phenoxy) is 3. The first-order valence-corrected chi connectivity index (χ1v) is 10.5. The van der Waals surface area contributed by atoms with Crippen LogP contribution in [0.25, 0.3) is 0 Å². The van der Waals surface area contributed by atoms with Gasteiger partial charge in [0.1, 0.15) is 12.4 Å². The van der Waals surface area contributed by atoms with Crippen LogP contribution >= 0.6 is 23.2 Å². The molecule has 1 N–H and O–H groups in total. The monoisotopic (exact) mass is 464 g/mol. The molecule has 8 heteroatoms. The Morgan fingerprint density at radius 2 is 1.90 bits per heavy atom. The molecule has 3 aromatic rings. The zero-order valence-electron chi connectivity index (χ0n) is 17.0. The largest absolute Gasteiger partial charge is 0.493 e. The third-order valence-corrected chi connectivity index (χ3v) is 5.06. The van der Waals surface area contributed by atoms with Gasteiger partial charge in [-0.05, 0) is 48.9 Å². The molecule has 0 bridgehead atoms. The van der Waals surface area contributed by atoms with Crippen LogP contribution in [-0.4, -0.2) is 25.2 Å². The molecule has 0 saturated carbocycles. The van der Waals surface area contributed by atoms with Crippen LogP contribution in [0.15, 0.2) is 54.7 Å². The standard InChI is InChI=1S/C23H23Cl2FN2O3/c1-29-21-13-16(14-27-9-5-11-30-22-8-2-3-10-28-22)12-19(25)23(21)31-15-17-18(24)6-4-7-20(17)26/h2-4,6-8,10,12-13,27H,5,9,11,14-15H2,1H3. The van der Waals surface area contributed by atoms with E-state index in [9.17, 15) is 4.39 Å². The second-order valence-electron chi connectivity index (χ2n) is 6.64. The van der Waals surface area contributed by atoms with Crippen molar-refractivity contribution in [2.24, 2.45) is 0 Å². The van der Waals surface area contributed by atoms with Crippen molar-refractivity contribution < 1.29 is 18.6 Å². The van der Waals surface area contributed by atoms with Crippen LogP contribution in [0.2, 0.25) is 10.0 Å². The Hall–Kier alpha value is -2.54. The smallest absolute Gasteiger partial charge is 0.213 e. The Kier molecular flexibility index (Phi) is 8.76. The zero-order chi connectivity index (χ0) is 22.1. The number of methoxy groups -OCH3 is 1. The Morgan fingerprint density at radius 3 is 2.65 bits per heavy atom. The second-order valence-corrected chi connectivity index (χ2v) is 7.46. The van der Waals surface area contributed by atoms with Gasteiger partial charge in [0.05, 0.1) is 23.8 Å². The Bertz CT molecular complexity index is 970. The molecule has 0 aliphatic heterocycles. The van der Waals surface area contributed by atoms with Crippen molar-refractivity contribution in [2.45, 2.75) is 19.6 Å². The summed E-state index contributed by atoms with van der Waals surface area (Å²) < 4.78 is 30.7. The lowest BCUT2D eigenvalue weighted by molar-refractivity contribution is 0.279. The van der Waals surface area contributed by atoms with Crippen LogP contribution in [0.4, 0.5) is 4.39 Å². The molecule has 0 saturated heterocycles. The van der Waals surface area contributed by atoms with E-state index < -0.39 is 5.82 Å². The highest BCUT2D eigenvalue weighted by Gasteiger charge is 2.15. The predicted molar refractivity (Wildman–Crippen MR) is 120 cm³/mol. The van der Waals surface area contributed by atoms with E-state index in [-0.39, 0.29) is 12.2 Å². The molecule has 0 radical (unpaired) electrons. The lowest BCUT2D eigenvalue weighted by Crippen LogP contribution is -2.17. The van der Waals surface area contributed by atoms with E-state index in [4.69, 9.17) is 37.4 Å². The van der Waals surface area contributed by atoms with Crippen LogP contribution in [0, 0.1) is 5.82 Å². The van der Waals surface area contributed by atoms with Gasteiger partial charge in [-0.25, -0.2) is 9.37 Å². The lowest BCUT2D eigenvalue weighted by atomic mass is 10.2. The van der Waals surface area contributed by atoms with Crippen molar-refractivity contribution in [3.8, 4) is 17.4 Å². The van der Waals surface area contributed by atoms with Gasteiger partial charge in [0.15, 0.2) is 11.5 Å². The maximum absolute atomic E-state index is 14.0. The summed E-state index contributed by atoms with van der Waals surface area (Å²) in [4.78, 5) is 4.11. The lowest BCUT2D eigenvalue weighted by Gasteiger charge is -2.15. The van der Waals surface area contributed by atoms with Crippen molar-refractivity contribution in [3.63, 3.8) is 0 Å². The molecule has 1 aromatic heterocycles. The molecular weight excluding hydrogens is 442 g/mol. The summed E-state index contributed by atoms with van der Waals surface area (Å²) in [5, 5.41) is 4.01. The van der Waals surface area contributed by atoms with E-state index in [1.807, 2.05) is 24.3 Å². The number of hydrogen-bond donors (Lipinski definition) is 1. The first-order chi connectivity index (χ1) is 15.1. The van der Waals surface area contributed by atoms with Gasteiger partial charge in [-0.15, -0.1) is 0 Å². The maximum atomic E-state index is 14.0. The number of nitrogens with zero attached hydrogens (tertiary/aromatic N) is 1. The van der Waals surface area contributed by atoms with Gasteiger partial charge < -0.3 is 19.5 Å². The number of pyridine rings is 1. The van der Waals surface area contributed by atoms with Crippen LogP contribution in [0.3, 0.4) is 0 Å². The van der Waals surface area contributed by atoms with Gasteiger partial charge in [-0.3, -0.25) is 0 Å². The van der Waals surface area contributed by atoms with Crippen LogP contribution < -0.4 is 19.5 Å². The van der Waals surface area contributed by atoms with E-state index >= 15 is 0 Å². The fourth-order valence-electron chi connectivity index (χ4n) is 2.87. The van der Waals surface area contributed by atoms with E-state index in [1.165, 1.54) is 13.2 Å². The summed E-state index contributed by atoms with van der Waals surface area (Å²) in [5.41, 5.74) is 1.20. The van der Waals surface area contributed by atoms with Gasteiger partial charge in [-0.1, -0.05) is 35.3 Å². The Morgan fingerprint density at radius 1 is 1.03 bits per heavy atom. The molecule has 3 rings (SSSR count). The Labute approximate surface area is 191 Å². The minimum Gasteiger partial charge on any atom is -0.493 e. The third kappa shape index (κ3) is 6.72. The molecule has 0 aliphatic carbocycles. The minimum atomic E-state index is -0.435. The van der Waals surface area contributed by atoms with E-state index in [0.717, 1.165) is 18.5 Å². The van der Waals surface area contributed by atoms with Gasteiger partial charge >= 0.3 is 0 Å². The molecule has 0 aliphatic rings. The van der Waals surface area contributed by atoms with Gasteiger partial charge in [0.25, 0.3) is 0 Å². The molecule has 0 amide bonds. The van der Waals surface area contributed by atoms with Crippen molar-refractivity contribution >= 4 is 23.2 Å². The Balaban J connectivity index is 1.51. The maximum Gasteiger partial charge on any atom is 0.213 e. The summed E-state index contributed by atoms with van der Waals surface area (Å²) >= 11 is 12.5. The van der Waals surface area contributed by atoms with Crippen molar-refractivity contribution in [1.29, 1.82) is 0 Å². The average Bonchev–Trinajstić information content (AvgIpc) is 2.77. The highest BCUT2D eigenvalue weighted by atomic mass is 35.5. The molecule has 164 valence electrons. The topological polar surface area (TPSA) is 52.6 Å². The number of hydrogen-bond acceptors (Lipinski definition) is 5. The molecule has 0 atom stereocenters. The number of nitrogens with one attached hydrogen (secondary N) is 1. The van der Waals surface area contributed by atoms with E-state index in [1.54, 1.807) is 24.4 Å². The second kappa shape index (κ2) is 11.7. The number of halogens is 3. The predicted octanol–water partition coefficient (Wildman–Crippen LogP) is 5.67. The summed E-state index contributed by atoms with van der Waals surface area (Å²) in [7, 11) is 1.53. The summed E-state index contributed by atoms with van der Waals surface area (Å²) in [5.74, 6) is 0.993. The summed E-state index contributed by atoms with van der Waals surface area (Å²) in [6.07, 6.45) is 2.52. The first kappa shape index (κ1) is 23.1. The number of benzene rings is 2. The van der Waals surface area contributed by atoms with Crippen LogP contribution in [-0.2, 0) is 13.2 Å². The quantitative estimate of drug-likeness (QED) is 0.370. The average molecular weight is 465 g/mol. The number of rotatable bonds is 11. The number of aromatic nitrogens is 1. The van der Waals surface area contributed by atoms with Crippen LogP contribution in [0.5, 0.6) is 17.4 Å². The normalized spacial score (nSPS) is 10.7. The van der Waals surface area contributed by atoms with Crippen LogP contribution in [0.1, 0.15) is 17.5 Å². The molecule has 5 nitrogen and oxygen atoms in total. The van der Waals surface area contributed by atoms with Crippen molar-refractivity contribution in [1.82, 2.24) is 10.3 Å². The summed E-state index contributed by atoms with van der Waals surface area (Å²) in [6.45, 7) is 1.87. The van der Waals surface area contributed by atoms with E-state index in [2.05, 4.69) is 10.3 Å². The zero-order valence-corrected chi connectivity index (χ0v) is 18.5. The van der Waals surface area contributed by atoms with E-state index in [0.29, 0.717) is 40.6 Å². The molecule has 1 heterocycles. The SMILES string of the molecule is COc1cc(CNCCCOc2ccccn2)cc(Cl)c1OCc1c(F)cccc1Cl. The molecule has 0 spiro atoms. The van der Waals surface area contributed by atoms with Crippen molar-refractivity contribution in [2.75, 3.05) is 20.3 Å². The molecule has 31 heavy (non-hydrogen) atoms. The fraction of sp³-hybridized carbons (Fsp3) is 0.261. The molecule has 2 aromatic carbocycles. The molecule has 0 fully saturated rings. The minimum absolute atomic E-state index is 0.0601. The van der Waals surface area contributed by atoms with Gasteiger partial charge in [0.2, 0.25) is 5.88 Å². The highest BCUT2D eigenvalue weighted by Crippen LogP contribution is 2.37. The summed E-state index contributed by atoms with van der Waals surface area (Å²) in [6, 6.07) is 13.7. The third-order valence-electron chi connectivity index (χ3n) is 4.43.